The first-order valence-corrected chi connectivity index (χ1v) is 20.4. The minimum Gasteiger partial charge on any atom is -0.371 e. The second-order valence-corrected chi connectivity index (χ2v) is 17.0. The van der Waals surface area contributed by atoms with E-state index >= 15 is 0 Å². The second kappa shape index (κ2) is 14.9. The summed E-state index contributed by atoms with van der Waals surface area (Å²) in [4.78, 5) is 79.5. The van der Waals surface area contributed by atoms with Gasteiger partial charge in [0.15, 0.2) is 5.69 Å². The fraction of sp³-hybridized carbons (Fsp3) is 0.465. The van der Waals surface area contributed by atoms with Crippen LogP contribution in [0, 0.1) is 16.7 Å². The maximum Gasteiger partial charge on any atom is 0.419 e. The monoisotopic (exact) mass is 823 g/mol. The third-order valence-corrected chi connectivity index (χ3v) is 13.5. The summed E-state index contributed by atoms with van der Waals surface area (Å²) in [6.07, 6.45) is -0.490. The predicted molar refractivity (Wildman–Crippen MR) is 212 cm³/mol. The summed E-state index contributed by atoms with van der Waals surface area (Å²) in [5.41, 5.74) is 1.73. The number of carbonyl (C=O) groups excluding carboxylic acids is 5. The first-order chi connectivity index (χ1) is 28.7. The molecule has 1 aromatic heterocycles. The van der Waals surface area contributed by atoms with Gasteiger partial charge < -0.3 is 19.6 Å². The van der Waals surface area contributed by atoms with Crippen molar-refractivity contribution in [2.45, 2.75) is 63.3 Å². The van der Waals surface area contributed by atoms with Crippen LogP contribution >= 0.6 is 0 Å². The zero-order valence-corrected chi connectivity index (χ0v) is 33.1. The first kappa shape index (κ1) is 39.4. The van der Waals surface area contributed by atoms with E-state index in [-0.39, 0.29) is 47.4 Å². The Morgan fingerprint density at radius 2 is 1.55 bits per heavy atom. The van der Waals surface area contributed by atoms with Gasteiger partial charge in [-0.3, -0.25) is 39.1 Å². The van der Waals surface area contributed by atoms with Crippen molar-refractivity contribution in [3.05, 3.63) is 82.7 Å². The standard InChI is InChI=1S/C43H44F3N9O5/c1-26-20-42(25-54(26)30-19-34(43(44,45)46)35(21-47)48-22-30)10-12-50(13-11-42)28-4-2-27(3-5-28)39(58)52-16-14-51(15-17-52)31-23-53(24-31)29-6-7-32-33(18-29)41(60)55(40(32)59)36-8-9-37(56)49-38(36)57/h2-7,18-19,22,26,31,36H,8-17,20,23-25H2,1H3,(H,49,56,57)/t26-,36?/m0/s1. The van der Waals surface area contributed by atoms with Crippen LogP contribution in [0.15, 0.2) is 54.7 Å². The van der Waals surface area contributed by atoms with Crippen LogP contribution in [-0.2, 0) is 15.8 Å². The molecule has 5 saturated heterocycles. The van der Waals surface area contributed by atoms with E-state index in [2.05, 4.69) is 25.0 Å². The van der Waals surface area contributed by atoms with Gasteiger partial charge in [-0.05, 0) is 86.6 Å². The predicted octanol–water partition coefficient (Wildman–Crippen LogP) is 3.91. The highest BCUT2D eigenvalue weighted by Crippen LogP contribution is 2.46. The fourth-order valence-corrected chi connectivity index (χ4v) is 10.0. The van der Waals surface area contributed by atoms with Gasteiger partial charge in [0.1, 0.15) is 12.1 Å². The number of imide groups is 2. The number of rotatable bonds is 6. The second-order valence-electron chi connectivity index (χ2n) is 17.0. The lowest BCUT2D eigenvalue weighted by Crippen LogP contribution is -2.63. The normalized spacial score (nSPS) is 23.6. The molecule has 0 bridgehead atoms. The topological polar surface area (TPSA) is 154 Å². The number of anilines is 3. The van der Waals surface area contributed by atoms with Crippen molar-refractivity contribution in [3.63, 3.8) is 0 Å². The van der Waals surface area contributed by atoms with E-state index in [0.717, 1.165) is 80.9 Å². The first-order valence-electron chi connectivity index (χ1n) is 20.4. The summed E-state index contributed by atoms with van der Waals surface area (Å²) in [5, 5.41) is 11.4. The Bertz CT molecular complexity index is 2310. The molecule has 5 fully saturated rings. The van der Waals surface area contributed by atoms with E-state index in [0.29, 0.717) is 30.9 Å². The average Bonchev–Trinajstić information content (AvgIpc) is 3.67. The molecular formula is C43H44F3N9O5. The lowest BCUT2D eigenvalue weighted by Gasteiger charge is -2.49. The molecule has 3 aromatic rings. The summed E-state index contributed by atoms with van der Waals surface area (Å²) >= 11 is 0. The van der Waals surface area contributed by atoms with Crippen molar-refractivity contribution in [2.75, 3.05) is 73.6 Å². The molecule has 0 saturated carbocycles. The molecule has 6 aliphatic rings. The molecule has 9 rings (SSSR count). The molecule has 60 heavy (non-hydrogen) atoms. The quantitative estimate of drug-likeness (QED) is 0.361. The molecule has 0 radical (unpaired) electrons. The SMILES string of the molecule is C[C@H]1CC2(CCN(c3ccc(C(=O)N4CCN(C5CN(c6ccc7c(c6)C(=O)N(C6CCC(=O)NC6=O)C7=O)C5)CC4)cc3)CC2)CN1c1cnc(C#N)c(C(F)(F)F)c1. The lowest BCUT2D eigenvalue weighted by molar-refractivity contribution is -0.138. The van der Waals surface area contributed by atoms with Crippen LogP contribution in [0.2, 0.25) is 0 Å². The van der Waals surface area contributed by atoms with Crippen molar-refractivity contribution in [1.82, 2.24) is 25.0 Å². The summed E-state index contributed by atoms with van der Waals surface area (Å²) in [5.74, 6) is -2.11. The van der Waals surface area contributed by atoms with Gasteiger partial charge in [0, 0.05) is 94.3 Å². The van der Waals surface area contributed by atoms with E-state index in [4.69, 9.17) is 5.26 Å². The number of fused-ring (bicyclic) bond motifs is 1. The number of nitriles is 1. The number of halogens is 3. The number of aromatic nitrogens is 1. The van der Waals surface area contributed by atoms with Gasteiger partial charge in [-0.2, -0.15) is 18.4 Å². The molecule has 17 heteroatoms. The van der Waals surface area contributed by atoms with Crippen molar-refractivity contribution in [3.8, 4) is 6.07 Å². The van der Waals surface area contributed by atoms with Crippen LogP contribution in [0.3, 0.4) is 0 Å². The molecule has 1 spiro atoms. The molecule has 2 atom stereocenters. The summed E-state index contributed by atoms with van der Waals surface area (Å²) in [6, 6.07) is 14.8. The Morgan fingerprint density at radius 3 is 2.22 bits per heavy atom. The van der Waals surface area contributed by atoms with E-state index in [1.165, 1.54) is 6.20 Å². The van der Waals surface area contributed by atoms with Crippen molar-refractivity contribution < 1.29 is 37.1 Å². The van der Waals surface area contributed by atoms with Crippen LogP contribution in [0.5, 0.6) is 0 Å². The molecule has 7 heterocycles. The van der Waals surface area contributed by atoms with E-state index < -0.39 is 47.1 Å². The van der Waals surface area contributed by atoms with Gasteiger partial charge in [-0.1, -0.05) is 0 Å². The fourth-order valence-electron chi connectivity index (χ4n) is 10.0. The molecule has 6 aliphatic heterocycles. The van der Waals surface area contributed by atoms with Crippen LogP contribution in [-0.4, -0.2) is 126 Å². The number of pyridine rings is 1. The number of amides is 5. The van der Waals surface area contributed by atoms with Crippen LogP contribution in [0.1, 0.15) is 81.4 Å². The number of hydrogen-bond acceptors (Lipinski definition) is 11. The maximum absolute atomic E-state index is 13.7. The van der Waals surface area contributed by atoms with Gasteiger partial charge in [0.2, 0.25) is 11.8 Å². The van der Waals surface area contributed by atoms with Crippen LogP contribution in [0.25, 0.3) is 0 Å². The lowest BCUT2D eigenvalue weighted by atomic mass is 9.76. The van der Waals surface area contributed by atoms with E-state index in [1.54, 1.807) is 18.2 Å². The van der Waals surface area contributed by atoms with Crippen LogP contribution < -0.4 is 20.0 Å². The Morgan fingerprint density at radius 1 is 0.867 bits per heavy atom. The Hall–Kier alpha value is -6.02. The number of benzene rings is 2. The summed E-state index contributed by atoms with van der Waals surface area (Å²) in [6.45, 7) is 8.38. The molecule has 0 aliphatic carbocycles. The number of hydrogen-bond donors (Lipinski definition) is 1. The molecular weight excluding hydrogens is 780 g/mol. The summed E-state index contributed by atoms with van der Waals surface area (Å²) < 4.78 is 41.0. The number of alkyl halides is 3. The number of nitrogens with one attached hydrogen (secondary N) is 1. The minimum atomic E-state index is -4.66. The smallest absolute Gasteiger partial charge is 0.371 e. The number of piperazine rings is 1. The molecule has 2 aromatic carbocycles. The number of piperidine rings is 2. The molecule has 1 unspecified atom stereocenters. The van der Waals surface area contributed by atoms with Gasteiger partial charge in [-0.25, -0.2) is 4.98 Å². The Kier molecular flexibility index (Phi) is 9.80. The van der Waals surface area contributed by atoms with Crippen molar-refractivity contribution >= 4 is 46.6 Å². The summed E-state index contributed by atoms with van der Waals surface area (Å²) in [7, 11) is 0. The Labute approximate surface area is 344 Å². The van der Waals surface area contributed by atoms with E-state index in [1.807, 2.05) is 47.1 Å². The molecule has 14 nitrogen and oxygen atoms in total. The molecule has 1 N–H and O–H groups in total. The van der Waals surface area contributed by atoms with Gasteiger partial charge >= 0.3 is 6.18 Å². The largest absolute Gasteiger partial charge is 0.419 e. The minimum absolute atomic E-state index is 0.0104. The highest BCUT2D eigenvalue weighted by atomic mass is 19.4. The van der Waals surface area contributed by atoms with Crippen molar-refractivity contribution in [1.29, 1.82) is 5.26 Å². The van der Waals surface area contributed by atoms with Gasteiger partial charge in [0.25, 0.3) is 17.7 Å². The maximum atomic E-state index is 13.7. The number of nitrogens with zero attached hydrogens (tertiary/aromatic N) is 8. The molecule has 5 amide bonds. The molecule has 312 valence electrons. The van der Waals surface area contributed by atoms with Crippen molar-refractivity contribution in [2.24, 2.45) is 5.41 Å². The third kappa shape index (κ3) is 6.99. The van der Waals surface area contributed by atoms with Gasteiger partial charge in [-0.15, -0.1) is 0 Å². The zero-order valence-electron chi connectivity index (χ0n) is 33.1. The Balaban J connectivity index is 0.743. The number of carbonyl (C=O) groups is 5. The highest BCUT2D eigenvalue weighted by Gasteiger charge is 2.47. The highest BCUT2D eigenvalue weighted by molar-refractivity contribution is 6.23. The zero-order chi connectivity index (χ0) is 42.1. The average molecular weight is 824 g/mol. The van der Waals surface area contributed by atoms with Gasteiger partial charge in [0.05, 0.1) is 28.6 Å². The van der Waals surface area contributed by atoms with Crippen LogP contribution in [0.4, 0.5) is 30.2 Å². The third-order valence-electron chi connectivity index (χ3n) is 13.5. The van der Waals surface area contributed by atoms with E-state index in [9.17, 15) is 37.1 Å².